The summed E-state index contributed by atoms with van der Waals surface area (Å²) in [5.41, 5.74) is 0.571. The maximum Gasteiger partial charge on any atom is 0.238 e. The van der Waals surface area contributed by atoms with Crippen LogP contribution in [0.25, 0.3) is 0 Å². The molecule has 1 aromatic carbocycles. The van der Waals surface area contributed by atoms with Gasteiger partial charge in [-0.2, -0.15) is 0 Å². The maximum absolute atomic E-state index is 11.3. The largest absolute Gasteiger partial charge is 0.383 e. The highest BCUT2D eigenvalue weighted by Crippen LogP contribution is 2.36. The molecule has 0 radical (unpaired) electrons. The highest BCUT2D eigenvalue weighted by atomic mass is 35.5. The number of nitrogens with one attached hydrogen (secondary N) is 1. The molecule has 106 valence electrons. The van der Waals surface area contributed by atoms with E-state index in [1.54, 1.807) is 7.11 Å². The minimum atomic E-state index is -3.72. The molecular formula is C12H17ClN2O3S. The topological polar surface area (TPSA) is 81.4 Å². The van der Waals surface area contributed by atoms with Gasteiger partial charge in [0.25, 0.3) is 0 Å². The second-order valence-corrected chi connectivity index (χ2v) is 6.70. The van der Waals surface area contributed by atoms with Gasteiger partial charge in [0, 0.05) is 7.11 Å². The Morgan fingerprint density at radius 1 is 1.53 bits per heavy atom. The Hall–Kier alpha value is -0.820. The number of sulfonamides is 1. The smallest absolute Gasteiger partial charge is 0.238 e. The average Bonchev–Trinajstić information content (AvgIpc) is 3.13. The quantitative estimate of drug-likeness (QED) is 0.840. The normalized spacial score (nSPS) is 17.2. The molecule has 0 spiro atoms. The number of halogens is 1. The van der Waals surface area contributed by atoms with Crippen molar-refractivity contribution < 1.29 is 13.2 Å². The first-order valence-electron chi connectivity index (χ1n) is 5.99. The molecule has 0 bridgehead atoms. The fourth-order valence-corrected chi connectivity index (χ4v) is 2.68. The first kappa shape index (κ1) is 14.6. The number of nitrogens with two attached hydrogens (primary N) is 1. The summed E-state index contributed by atoms with van der Waals surface area (Å²) < 4.78 is 27.8. The average molecular weight is 305 g/mol. The third-order valence-corrected chi connectivity index (χ3v) is 4.39. The van der Waals surface area contributed by atoms with E-state index < -0.39 is 10.0 Å². The SMILES string of the molecule is COCC(Nc1cc(S(N)(=O)=O)ccc1Cl)C1CC1. The van der Waals surface area contributed by atoms with Crippen molar-refractivity contribution in [1.82, 2.24) is 0 Å². The minimum absolute atomic E-state index is 0.0476. The van der Waals surface area contributed by atoms with Crippen LogP contribution in [0.5, 0.6) is 0 Å². The van der Waals surface area contributed by atoms with Gasteiger partial charge in [-0.25, -0.2) is 13.6 Å². The zero-order chi connectivity index (χ0) is 14.0. The molecule has 0 saturated heterocycles. The summed E-state index contributed by atoms with van der Waals surface area (Å²) in [6.45, 7) is 0.556. The summed E-state index contributed by atoms with van der Waals surface area (Å²) in [6.07, 6.45) is 2.29. The van der Waals surface area contributed by atoms with E-state index in [0.29, 0.717) is 23.2 Å². The van der Waals surface area contributed by atoms with Crippen LogP contribution in [0.4, 0.5) is 5.69 Å². The van der Waals surface area contributed by atoms with Gasteiger partial charge < -0.3 is 10.1 Å². The Morgan fingerprint density at radius 2 is 2.21 bits per heavy atom. The maximum atomic E-state index is 11.3. The van der Waals surface area contributed by atoms with Crippen LogP contribution in [0, 0.1) is 5.92 Å². The number of ether oxygens (including phenoxy) is 1. The van der Waals surface area contributed by atoms with Crippen molar-refractivity contribution in [2.24, 2.45) is 11.1 Å². The molecule has 0 aromatic heterocycles. The summed E-state index contributed by atoms with van der Waals surface area (Å²) in [7, 11) is -2.09. The van der Waals surface area contributed by atoms with E-state index in [1.165, 1.54) is 18.2 Å². The standard InChI is InChI=1S/C12H17ClN2O3S/c1-18-7-12(8-2-3-8)15-11-6-9(19(14,16)17)4-5-10(11)13/h4-6,8,12,15H,2-3,7H2,1H3,(H2,14,16,17). The summed E-state index contributed by atoms with van der Waals surface area (Å²) in [4.78, 5) is 0.0476. The molecule has 1 unspecified atom stereocenters. The van der Waals surface area contributed by atoms with Gasteiger partial charge in [-0.1, -0.05) is 11.6 Å². The Morgan fingerprint density at radius 3 is 2.74 bits per heavy atom. The predicted octanol–water partition coefficient (Wildman–Crippen LogP) is 1.82. The highest BCUT2D eigenvalue weighted by Gasteiger charge is 2.31. The van der Waals surface area contributed by atoms with Gasteiger partial charge in [0.05, 0.1) is 28.3 Å². The Bertz CT molecular complexity index is 558. The van der Waals surface area contributed by atoms with Crippen molar-refractivity contribution in [2.75, 3.05) is 19.0 Å². The highest BCUT2D eigenvalue weighted by molar-refractivity contribution is 7.89. The van der Waals surface area contributed by atoms with Crippen LogP contribution in [-0.4, -0.2) is 28.2 Å². The lowest BCUT2D eigenvalue weighted by molar-refractivity contribution is 0.179. The molecular weight excluding hydrogens is 288 g/mol. The second-order valence-electron chi connectivity index (χ2n) is 4.73. The van der Waals surface area contributed by atoms with Crippen LogP contribution in [0.15, 0.2) is 23.1 Å². The van der Waals surface area contributed by atoms with Crippen LogP contribution in [0.2, 0.25) is 5.02 Å². The summed E-state index contributed by atoms with van der Waals surface area (Å²) in [6, 6.07) is 4.52. The molecule has 1 aliphatic rings. The fourth-order valence-electron chi connectivity index (χ4n) is 1.97. The molecule has 19 heavy (non-hydrogen) atoms. The van der Waals surface area contributed by atoms with Crippen molar-refractivity contribution in [3.8, 4) is 0 Å². The van der Waals surface area contributed by atoms with Gasteiger partial charge in [0.1, 0.15) is 0 Å². The first-order chi connectivity index (χ1) is 8.91. The third kappa shape index (κ3) is 3.82. The van der Waals surface area contributed by atoms with Crippen molar-refractivity contribution in [1.29, 1.82) is 0 Å². The van der Waals surface area contributed by atoms with Crippen LogP contribution < -0.4 is 10.5 Å². The van der Waals surface area contributed by atoms with E-state index >= 15 is 0 Å². The molecule has 3 N–H and O–H groups in total. The Kier molecular flexibility index (Phi) is 4.35. The van der Waals surface area contributed by atoms with Crippen LogP contribution in [0.1, 0.15) is 12.8 Å². The van der Waals surface area contributed by atoms with E-state index in [2.05, 4.69) is 5.32 Å². The molecule has 0 aliphatic heterocycles. The van der Waals surface area contributed by atoms with E-state index in [-0.39, 0.29) is 10.9 Å². The van der Waals surface area contributed by atoms with Crippen LogP contribution in [0.3, 0.4) is 0 Å². The number of rotatable bonds is 6. The van der Waals surface area contributed by atoms with E-state index in [4.69, 9.17) is 21.5 Å². The lowest BCUT2D eigenvalue weighted by Gasteiger charge is -2.20. The van der Waals surface area contributed by atoms with Gasteiger partial charge >= 0.3 is 0 Å². The van der Waals surface area contributed by atoms with Gasteiger partial charge in [-0.05, 0) is 37.0 Å². The van der Waals surface area contributed by atoms with Crippen molar-refractivity contribution in [3.63, 3.8) is 0 Å². The Labute approximate surface area is 118 Å². The minimum Gasteiger partial charge on any atom is -0.383 e. The fraction of sp³-hybridized carbons (Fsp3) is 0.500. The molecule has 2 rings (SSSR count). The van der Waals surface area contributed by atoms with Crippen LogP contribution >= 0.6 is 11.6 Å². The lowest BCUT2D eigenvalue weighted by atomic mass is 10.2. The summed E-state index contributed by atoms with van der Waals surface area (Å²) in [5, 5.41) is 8.83. The van der Waals surface area contributed by atoms with E-state index in [9.17, 15) is 8.42 Å². The van der Waals surface area contributed by atoms with Crippen LogP contribution in [-0.2, 0) is 14.8 Å². The number of methoxy groups -OCH3 is 1. The lowest BCUT2D eigenvalue weighted by Crippen LogP contribution is -2.27. The molecule has 5 nitrogen and oxygen atoms in total. The van der Waals surface area contributed by atoms with Crippen molar-refractivity contribution in [3.05, 3.63) is 23.2 Å². The molecule has 0 amide bonds. The molecule has 1 atom stereocenters. The van der Waals surface area contributed by atoms with Gasteiger partial charge in [-0.15, -0.1) is 0 Å². The zero-order valence-corrected chi connectivity index (χ0v) is 12.2. The molecule has 0 heterocycles. The zero-order valence-electron chi connectivity index (χ0n) is 10.6. The second kappa shape index (κ2) is 5.66. The predicted molar refractivity (Wildman–Crippen MR) is 74.8 cm³/mol. The Balaban J connectivity index is 2.23. The van der Waals surface area contributed by atoms with Gasteiger partial charge in [-0.3, -0.25) is 0 Å². The molecule has 1 aliphatic carbocycles. The number of anilines is 1. The van der Waals surface area contributed by atoms with Gasteiger partial charge in [0.15, 0.2) is 0 Å². The molecule has 7 heteroatoms. The molecule has 1 fully saturated rings. The third-order valence-electron chi connectivity index (χ3n) is 3.14. The first-order valence-corrected chi connectivity index (χ1v) is 7.92. The summed E-state index contributed by atoms with van der Waals surface area (Å²) in [5.74, 6) is 0.550. The molecule has 1 saturated carbocycles. The van der Waals surface area contributed by atoms with E-state index in [1.807, 2.05) is 0 Å². The van der Waals surface area contributed by atoms with E-state index in [0.717, 1.165) is 12.8 Å². The monoisotopic (exact) mass is 304 g/mol. The number of hydrogen-bond donors (Lipinski definition) is 2. The molecule has 1 aromatic rings. The summed E-state index contributed by atoms with van der Waals surface area (Å²) >= 11 is 6.08. The number of benzene rings is 1. The number of primary sulfonamides is 1. The van der Waals surface area contributed by atoms with Crippen molar-refractivity contribution >= 4 is 27.3 Å². The van der Waals surface area contributed by atoms with Gasteiger partial charge in [0.2, 0.25) is 10.0 Å². The number of hydrogen-bond acceptors (Lipinski definition) is 4. The van der Waals surface area contributed by atoms with Crippen molar-refractivity contribution in [2.45, 2.75) is 23.8 Å².